The summed E-state index contributed by atoms with van der Waals surface area (Å²) in [6.45, 7) is 2.34. The van der Waals surface area contributed by atoms with E-state index < -0.39 is 23.6 Å². The van der Waals surface area contributed by atoms with E-state index in [2.05, 4.69) is 15.5 Å². The van der Waals surface area contributed by atoms with Gasteiger partial charge in [0.2, 0.25) is 0 Å². The smallest absolute Gasteiger partial charge is 0.334 e. The molecule has 4 nitrogen and oxygen atoms in total. The predicted octanol–water partition coefficient (Wildman–Crippen LogP) is 4.63. The molecular weight excluding hydrogens is 374 g/mol. The first kappa shape index (κ1) is 20.1. The number of nitrogens with zero attached hydrogens (tertiary/aromatic N) is 1. The molecule has 0 aliphatic carbocycles. The van der Waals surface area contributed by atoms with Crippen LogP contribution in [0.5, 0.6) is 0 Å². The molecule has 2 N–H and O–H groups in total. The number of amides is 2. The van der Waals surface area contributed by atoms with E-state index in [-0.39, 0.29) is 11.7 Å². The lowest BCUT2D eigenvalue weighted by molar-refractivity contribution is -0.139. The van der Waals surface area contributed by atoms with E-state index >= 15 is 0 Å². The van der Waals surface area contributed by atoms with Gasteiger partial charge in [-0.1, -0.05) is 30.3 Å². The number of nitrogens with one attached hydrogen (secondary N) is 2. The highest BCUT2D eigenvalue weighted by Gasteiger charge is 2.34. The van der Waals surface area contributed by atoms with E-state index in [0.717, 1.165) is 32.0 Å². The minimum Gasteiger partial charge on any atom is -0.334 e. The van der Waals surface area contributed by atoms with Gasteiger partial charge in [-0.3, -0.25) is 4.90 Å². The molecule has 0 spiro atoms. The predicted molar refractivity (Wildman–Crippen MR) is 98.3 cm³/mol. The number of rotatable bonds is 4. The third-order valence-electron chi connectivity index (χ3n) is 4.62. The molecule has 28 heavy (non-hydrogen) atoms. The van der Waals surface area contributed by atoms with Crippen LogP contribution in [-0.2, 0) is 12.7 Å². The van der Waals surface area contributed by atoms with Gasteiger partial charge in [0.15, 0.2) is 0 Å². The second-order valence-corrected chi connectivity index (χ2v) is 6.85. The van der Waals surface area contributed by atoms with Crippen molar-refractivity contribution < 1.29 is 22.4 Å². The summed E-state index contributed by atoms with van der Waals surface area (Å²) in [6.07, 6.45) is -3.12. The number of likely N-dealkylation sites (tertiary alicyclic amines) is 1. The number of alkyl halides is 3. The van der Waals surface area contributed by atoms with Crippen molar-refractivity contribution in [2.45, 2.75) is 31.6 Å². The zero-order chi connectivity index (χ0) is 20.1. The Bertz CT molecular complexity index is 811. The Morgan fingerprint density at radius 2 is 1.89 bits per heavy atom. The van der Waals surface area contributed by atoms with Crippen LogP contribution in [0, 0.1) is 5.82 Å². The molecule has 1 unspecified atom stereocenters. The second-order valence-electron chi connectivity index (χ2n) is 6.85. The Kier molecular flexibility index (Phi) is 6.18. The van der Waals surface area contributed by atoms with Crippen molar-refractivity contribution in [2.75, 3.05) is 18.4 Å². The largest absolute Gasteiger partial charge is 0.419 e. The number of carbonyl (C=O) groups excluding carboxylic acids is 1. The summed E-state index contributed by atoms with van der Waals surface area (Å²) in [7, 11) is 0. The molecular formula is C20H21F4N3O. The molecule has 1 saturated heterocycles. The first-order valence-electron chi connectivity index (χ1n) is 9.02. The van der Waals surface area contributed by atoms with Crippen LogP contribution < -0.4 is 10.6 Å². The number of halogens is 4. The van der Waals surface area contributed by atoms with Gasteiger partial charge in [-0.05, 0) is 43.1 Å². The van der Waals surface area contributed by atoms with Crippen molar-refractivity contribution in [1.29, 1.82) is 0 Å². The van der Waals surface area contributed by atoms with Gasteiger partial charge < -0.3 is 10.6 Å². The number of anilines is 1. The molecule has 1 aliphatic rings. The van der Waals surface area contributed by atoms with Crippen LogP contribution in [-0.4, -0.2) is 30.1 Å². The molecule has 0 bridgehead atoms. The van der Waals surface area contributed by atoms with Crippen LogP contribution in [0.25, 0.3) is 0 Å². The molecule has 8 heteroatoms. The fourth-order valence-corrected chi connectivity index (χ4v) is 3.33. The van der Waals surface area contributed by atoms with Crippen LogP contribution in [0.2, 0.25) is 0 Å². The molecule has 2 aromatic carbocycles. The summed E-state index contributed by atoms with van der Waals surface area (Å²) in [4.78, 5) is 14.4. The molecule has 0 aromatic heterocycles. The molecule has 2 aromatic rings. The van der Waals surface area contributed by atoms with Gasteiger partial charge in [-0.15, -0.1) is 0 Å². The van der Waals surface area contributed by atoms with E-state index in [1.54, 1.807) is 0 Å². The van der Waals surface area contributed by atoms with Gasteiger partial charge in [0, 0.05) is 24.8 Å². The maximum atomic E-state index is 13.3. The molecule has 2 amide bonds. The zero-order valence-electron chi connectivity index (χ0n) is 15.1. The monoisotopic (exact) mass is 395 g/mol. The zero-order valence-corrected chi connectivity index (χ0v) is 15.1. The van der Waals surface area contributed by atoms with Crippen LogP contribution in [0.3, 0.4) is 0 Å². The summed E-state index contributed by atoms with van der Waals surface area (Å²) in [5, 5.41) is 5.15. The summed E-state index contributed by atoms with van der Waals surface area (Å²) in [5.41, 5.74) is -0.334. The Hall–Kier alpha value is -2.61. The molecule has 1 heterocycles. The van der Waals surface area contributed by atoms with Gasteiger partial charge >= 0.3 is 12.2 Å². The van der Waals surface area contributed by atoms with E-state index in [1.165, 1.54) is 5.56 Å². The average molecular weight is 395 g/mol. The number of hydrogen-bond acceptors (Lipinski definition) is 2. The first-order chi connectivity index (χ1) is 13.3. The summed E-state index contributed by atoms with van der Waals surface area (Å²) in [6, 6.07) is 11.7. The van der Waals surface area contributed by atoms with Crippen LogP contribution in [0.4, 0.5) is 28.0 Å². The standard InChI is InChI=1S/C20H21F4N3O/c21-18-9-8-15(11-17(18)20(22,23)24)25-19(28)26-16-7-4-10-27(13-16)12-14-5-2-1-3-6-14/h1-3,5-6,8-9,11,16H,4,7,10,12-13H2,(H2,25,26,28). The average Bonchev–Trinajstić information content (AvgIpc) is 2.63. The Morgan fingerprint density at radius 3 is 2.61 bits per heavy atom. The second kappa shape index (κ2) is 8.60. The summed E-state index contributed by atoms with van der Waals surface area (Å²) >= 11 is 0. The van der Waals surface area contributed by atoms with Gasteiger partial charge in [-0.2, -0.15) is 13.2 Å². The van der Waals surface area contributed by atoms with Crippen molar-refractivity contribution in [3.8, 4) is 0 Å². The normalized spacial score (nSPS) is 17.9. The highest BCUT2D eigenvalue weighted by molar-refractivity contribution is 5.89. The molecule has 1 aliphatic heterocycles. The molecule has 0 radical (unpaired) electrons. The molecule has 1 fully saturated rings. The third kappa shape index (κ3) is 5.45. The lowest BCUT2D eigenvalue weighted by Crippen LogP contribution is -2.48. The fourth-order valence-electron chi connectivity index (χ4n) is 3.33. The maximum Gasteiger partial charge on any atom is 0.419 e. The molecule has 150 valence electrons. The topological polar surface area (TPSA) is 44.4 Å². The van der Waals surface area contributed by atoms with Crippen molar-refractivity contribution in [2.24, 2.45) is 0 Å². The van der Waals surface area contributed by atoms with Crippen LogP contribution in [0.15, 0.2) is 48.5 Å². The highest BCUT2D eigenvalue weighted by atomic mass is 19.4. The SMILES string of the molecule is O=C(Nc1ccc(F)c(C(F)(F)F)c1)NC1CCCN(Cc2ccccc2)C1. The number of urea groups is 1. The van der Waals surface area contributed by atoms with Gasteiger partial charge in [0.25, 0.3) is 0 Å². The van der Waals surface area contributed by atoms with Crippen molar-refractivity contribution in [3.63, 3.8) is 0 Å². The first-order valence-corrected chi connectivity index (χ1v) is 9.02. The van der Waals surface area contributed by atoms with E-state index in [1.807, 2.05) is 30.3 Å². The lowest BCUT2D eigenvalue weighted by atomic mass is 10.0. The fraction of sp³-hybridized carbons (Fsp3) is 0.350. The van der Waals surface area contributed by atoms with Crippen molar-refractivity contribution >= 4 is 11.7 Å². The van der Waals surface area contributed by atoms with Gasteiger partial charge in [0.1, 0.15) is 5.82 Å². The number of hydrogen-bond donors (Lipinski definition) is 2. The summed E-state index contributed by atoms with van der Waals surface area (Å²) < 4.78 is 51.7. The molecule has 0 saturated carbocycles. The Labute approximate surface area is 160 Å². The maximum absolute atomic E-state index is 13.3. The quantitative estimate of drug-likeness (QED) is 0.742. The molecule has 3 rings (SSSR count). The van der Waals surface area contributed by atoms with E-state index in [0.29, 0.717) is 18.7 Å². The number of carbonyl (C=O) groups is 1. The summed E-state index contributed by atoms with van der Waals surface area (Å²) in [5.74, 6) is -1.37. The van der Waals surface area contributed by atoms with Gasteiger partial charge in [-0.25, -0.2) is 9.18 Å². The van der Waals surface area contributed by atoms with Crippen LogP contribution in [0.1, 0.15) is 24.0 Å². The number of piperidine rings is 1. The Balaban J connectivity index is 1.56. The highest BCUT2D eigenvalue weighted by Crippen LogP contribution is 2.33. The minimum atomic E-state index is -4.82. The van der Waals surface area contributed by atoms with Gasteiger partial charge in [0.05, 0.1) is 5.56 Å². The number of benzene rings is 2. The van der Waals surface area contributed by atoms with E-state index in [9.17, 15) is 22.4 Å². The van der Waals surface area contributed by atoms with Crippen molar-refractivity contribution in [3.05, 3.63) is 65.5 Å². The third-order valence-corrected chi connectivity index (χ3v) is 4.62. The lowest BCUT2D eigenvalue weighted by Gasteiger charge is -2.33. The molecule has 1 atom stereocenters. The van der Waals surface area contributed by atoms with E-state index in [4.69, 9.17) is 0 Å². The minimum absolute atomic E-state index is 0.108. The Morgan fingerprint density at radius 1 is 1.14 bits per heavy atom. The van der Waals surface area contributed by atoms with Crippen LogP contribution >= 0.6 is 0 Å². The van der Waals surface area contributed by atoms with Crippen molar-refractivity contribution in [1.82, 2.24) is 10.2 Å².